The molecule has 7 heteroatoms. The Hall–Kier alpha value is -3.19. The molecule has 1 unspecified atom stereocenters. The monoisotopic (exact) mass is 382 g/mol. The molecule has 0 saturated carbocycles. The Morgan fingerprint density at radius 1 is 1.04 bits per heavy atom. The minimum atomic E-state index is -1.26. The highest BCUT2D eigenvalue weighted by Crippen LogP contribution is 2.19. The van der Waals surface area contributed by atoms with Crippen LogP contribution in [0.15, 0.2) is 82.8 Å². The summed E-state index contributed by atoms with van der Waals surface area (Å²) < 4.78 is 13.5. The van der Waals surface area contributed by atoms with Crippen LogP contribution in [0.5, 0.6) is 0 Å². The highest BCUT2D eigenvalue weighted by atomic mass is 32.2. The molecule has 0 bridgehead atoms. The lowest BCUT2D eigenvalue weighted by atomic mass is 10.2. The van der Waals surface area contributed by atoms with Gasteiger partial charge in [0.2, 0.25) is 12.4 Å². The normalized spacial score (nSPS) is 11.6. The second-order valence-corrected chi connectivity index (χ2v) is 7.49. The number of nitrogens with zero attached hydrogens (tertiary/aromatic N) is 1. The summed E-state index contributed by atoms with van der Waals surface area (Å²) in [5.74, 6) is 0. The zero-order chi connectivity index (χ0) is 19.2. The average molecular weight is 382 g/mol. The summed E-state index contributed by atoms with van der Waals surface area (Å²) in [6, 6.07) is 17.6. The molecule has 1 aromatic heterocycles. The molecule has 0 fully saturated rings. The molecule has 0 aliphatic carbocycles. The van der Waals surface area contributed by atoms with Gasteiger partial charge in [0.1, 0.15) is 0 Å². The standard InChI is InChI=1S/C20H19N3O3S/c1-15-4-8-18(9-5-15)27(26)19-10-6-17(7-11-19)22-20(24)21-13-16-3-2-12-23(25)14-16/h2-12,14H,13H2,1H3,(H2-,21,22,24,25)/p+1. The molecule has 27 heavy (non-hydrogen) atoms. The largest absolute Gasteiger partial charge is 0.334 e. The third kappa shape index (κ3) is 5.15. The van der Waals surface area contributed by atoms with Gasteiger partial charge in [0.25, 0.3) is 0 Å². The predicted octanol–water partition coefficient (Wildman–Crippen LogP) is 3.01. The van der Waals surface area contributed by atoms with Crippen molar-refractivity contribution >= 4 is 22.5 Å². The Labute approximate surface area is 159 Å². The summed E-state index contributed by atoms with van der Waals surface area (Å²) in [6.07, 6.45) is 3.00. The smallest absolute Gasteiger partial charge is 0.319 e. The SMILES string of the molecule is Cc1ccc(S(=O)c2ccc(NC(=O)NCc3ccc[n+](O)c3)cc2)cc1. The first-order valence-corrected chi connectivity index (χ1v) is 9.49. The van der Waals surface area contributed by atoms with Gasteiger partial charge in [-0.3, -0.25) is 5.21 Å². The summed E-state index contributed by atoms with van der Waals surface area (Å²) in [6.45, 7) is 2.26. The van der Waals surface area contributed by atoms with Crippen LogP contribution < -0.4 is 15.4 Å². The number of amides is 2. The van der Waals surface area contributed by atoms with Crippen molar-refractivity contribution in [2.75, 3.05) is 5.32 Å². The zero-order valence-electron chi connectivity index (χ0n) is 14.8. The van der Waals surface area contributed by atoms with E-state index in [-0.39, 0.29) is 12.6 Å². The molecule has 2 aromatic carbocycles. The molecule has 2 amide bonds. The molecule has 0 saturated heterocycles. The van der Waals surface area contributed by atoms with Crippen molar-refractivity contribution in [2.24, 2.45) is 0 Å². The van der Waals surface area contributed by atoms with Crippen LogP contribution >= 0.6 is 0 Å². The molecule has 1 heterocycles. The average Bonchev–Trinajstić information content (AvgIpc) is 2.67. The molecule has 1 atom stereocenters. The third-order valence-electron chi connectivity index (χ3n) is 3.86. The minimum absolute atomic E-state index is 0.281. The Balaban J connectivity index is 1.57. The number of urea groups is 1. The van der Waals surface area contributed by atoms with Crippen molar-refractivity contribution < 1.29 is 18.9 Å². The van der Waals surface area contributed by atoms with Crippen LogP contribution in [0.4, 0.5) is 10.5 Å². The summed E-state index contributed by atoms with van der Waals surface area (Å²) in [4.78, 5) is 13.4. The van der Waals surface area contributed by atoms with Crippen LogP contribution in [-0.2, 0) is 17.3 Å². The second-order valence-electron chi connectivity index (χ2n) is 6.01. The maximum absolute atomic E-state index is 12.6. The first-order chi connectivity index (χ1) is 13.0. The zero-order valence-corrected chi connectivity index (χ0v) is 15.6. The van der Waals surface area contributed by atoms with E-state index >= 15 is 0 Å². The third-order valence-corrected chi connectivity index (χ3v) is 5.26. The van der Waals surface area contributed by atoms with Gasteiger partial charge in [0.05, 0.1) is 17.3 Å². The van der Waals surface area contributed by atoms with Crippen molar-refractivity contribution in [1.82, 2.24) is 5.32 Å². The van der Waals surface area contributed by atoms with Gasteiger partial charge >= 0.3 is 6.03 Å². The molecule has 0 spiro atoms. The molecule has 0 aliphatic rings. The lowest BCUT2D eigenvalue weighted by Gasteiger charge is -2.08. The molecule has 0 radical (unpaired) electrons. The van der Waals surface area contributed by atoms with Crippen molar-refractivity contribution in [3.05, 3.63) is 84.2 Å². The fourth-order valence-electron chi connectivity index (χ4n) is 2.43. The predicted molar refractivity (Wildman–Crippen MR) is 102 cm³/mol. The van der Waals surface area contributed by atoms with Crippen molar-refractivity contribution in [3.63, 3.8) is 0 Å². The van der Waals surface area contributed by atoms with E-state index in [2.05, 4.69) is 10.6 Å². The lowest BCUT2D eigenvalue weighted by Crippen LogP contribution is -2.32. The first kappa shape index (κ1) is 18.6. The van der Waals surface area contributed by atoms with Crippen LogP contribution in [0.2, 0.25) is 0 Å². The van der Waals surface area contributed by atoms with Gasteiger partial charge in [-0.25, -0.2) is 9.00 Å². The van der Waals surface area contributed by atoms with Crippen molar-refractivity contribution in [1.29, 1.82) is 0 Å². The molecular formula is C20H20N3O3S+. The number of aryl methyl sites for hydroxylation is 1. The number of aromatic nitrogens is 1. The van der Waals surface area contributed by atoms with Crippen molar-refractivity contribution in [2.45, 2.75) is 23.3 Å². The van der Waals surface area contributed by atoms with E-state index in [9.17, 15) is 14.2 Å². The number of hydrogen-bond donors (Lipinski definition) is 3. The Morgan fingerprint density at radius 3 is 2.30 bits per heavy atom. The number of carbonyl (C=O) groups is 1. The van der Waals surface area contributed by atoms with Crippen LogP contribution in [0.25, 0.3) is 0 Å². The molecule has 3 aromatic rings. The summed E-state index contributed by atoms with van der Waals surface area (Å²) in [5, 5.41) is 14.8. The quantitative estimate of drug-likeness (QED) is 0.469. The first-order valence-electron chi connectivity index (χ1n) is 8.34. The van der Waals surface area contributed by atoms with E-state index in [0.717, 1.165) is 20.8 Å². The maximum Gasteiger partial charge on any atom is 0.319 e. The topological polar surface area (TPSA) is 82.3 Å². The maximum atomic E-state index is 12.6. The Bertz CT molecular complexity index is 957. The summed E-state index contributed by atoms with van der Waals surface area (Å²) in [7, 11) is -1.26. The number of pyridine rings is 1. The molecule has 3 rings (SSSR count). The molecular weight excluding hydrogens is 362 g/mol. The second kappa shape index (κ2) is 8.46. The van der Waals surface area contributed by atoms with Crippen LogP contribution in [0.1, 0.15) is 11.1 Å². The highest BCUT2D eigenvalue weighted by molar-refractivity contribution is 7.85. The van der Waals surface area contributed by atoms with Gasteiger partial charge in [-0.05, 0) is 49.4 Å². The van der Waals surface area contributed by atoms with Gasteiger partial charge in [-0.1, -0.05) is 17.7 Å². The molecule has 6 nitrogen and oxygen atoms in total. The molecule has 138 valence electrons. The molecule has 0 aliphatic heterocycles. The van der Waals surface area contributed by atoms with E-state index in [1.54, 1.807) is 36.4 Å². The number of hydrogen-bond acceptors (Lipinski definition) is 3. The fraction of sp³-hybridized carbons (Fsp3) is 0.100. The summed E-state index contributed by atoms with van der Waals surface area (Å²) in [5.41, 5.74) is 2.48. The number of rotatable bonds is 5. The van der Waals surface area contributed by atoms with Gasteiger partial charge in [-0.15, -0.1) is 0 Å². The number of benzene rings is 2. The van der Waals surface area contributed by atoms with E-state index in [4.69, 9.17) is 0 Å². The Kier molecular flexibility index (Phi) is 5.83. The van der Waals surface area contributed by atoms with E-state index < -0.39 is 10.8 Å². The fourth-order valence-corrected chi connectivity index (χ4v) is 3.47. The van der Waals surface area contributed by atoms with E-state index in [1.807, 2.05) is 31.2 Å². The number of carbonyl (C=O) groups excluding carboxylic acids is 1. The molecule has 3 N–H and O–H groups in total. The highest BCUT2D eigenvalue weighted by Gasteiger charge is 2.08. The van der Waals surface area contributed by atoms with Crippen LogP contribution in [-0.4, -0.2) is 15.4 Å². The van der Waals surface area contributed by atoms with Gasteiger partial charge in [0, 0.05) is 31.8 Å². The van der Waals surface area contributed by atoms with Crippen molar-refractivity contribution in [3.8, 4) is 0 Å². The van der Waals surface area contributed by atoms with E-state index in [1.165, 1.54) is 12.4 Å². The van der Waals surface area contributed by atoms with E-state index in [0.29, 0.717) is 10.6 Å². The number of nitrogens with one attached hydrogen (secondary N) is 2. The van der Waals surface area contributed by atoms with Crippen LogP contribution in [0, 0.1) is 6.92 Å². The van der Waals surface area contributed by atoms with Crippen LogP contribution in [0.3, 0.4) is 0 Å². The lowest BCUT2D eigenvalue weighted by molar-refractivity contribution is -0.905. The van der Waals surface area contributed by atoms with Gasteiger partial charge in [-0.2, -0.15) is 0 Å². The summed E-state index contributed by atoms with van der Waals surface area (Å²) >= 11 is 0. The van der Waals surface area contributed by atoms with Gasteiger partial charge in [0.15, 0.2) is 0 Å². The Morgan fingerprint density at radius 2 is 1.67 bits per heavy atom. The number of anilines is 1. The van der Waals surface area contributed by atoms with Gasteiger partial charge < -0.3 is 10.6 Å². The minimum Gasteiger partial charge on any atom is -0.334 e.